The zero-order valence-electron chi connectivity index (χ0n) is 10.3. The molecule has 1 aromatic carbocycles. The minimum atomic E-state index is -1.01. The topological polar surface area (TPSA) is 66.4 Å². The Morgan fingerprint density at radius 1 is 1.35 bits per heavy atom. The van der Waals surface area contributed by atoms with Crippen molar-refractivity contribution in [3.05, 3.63) is 34.9 Å². The number of carboxylic acid groups (broad SMARTS) is 1. The highest BCUT2D eigenvalue weighted by Gasteiger charge is 2.19. The Balaban J connectivity index is 2.90. The second-order valence-corrected chi connectivity index (χ2v) is 4.02. The molecule has 0 aliphatic heterocycles. The highest BCUT2D eigenvalue weighted by molar-refractivity contribution is 5.98. The molecule has 4 nitrogen and oxygen atoms in total. The van der Waals surface area contributed by atoms with E-state index in [1.54, 1.807) is 19.1 Å². The van der Waals surface area contributed by atoms with Crippen molar-refractivity contribution in [2.45, 2.75) is 33.2 Å². The second kappa shape index (κ2) is 5.48. The fourth-order valence-corrected chi connectivity index (χ4v) is 1.57. The zero-order chi connectivity index (χ0) is 13.0. The van der Waals surface area contributed by atoms with Gasteiger partial charge in [0.05, 0.1) is 0 Å². The van der Waals surface area contributed by atoms with Gasteiger partial charge in [-0.25, -0.2) is 4.79 Å². The van der Waals surface area contributed by atoms with E-state index in [1.807, 2.05) is 19.9 Å². The van der Waals surface area contributed by atoms with E-state index in [1.165, 1.54) is 0 Å². The smallest absolute Gasteiger partial charge is 0.326 e. The van der Waals surface area contributed by atoms with Crippen molar-refractivity contribution in [1.82, 2.24) is 5.32 Å². The summed E-state index contributed by atoms with van der Waals surface area (Å²) in [6.07, 6.45) is 0.367. The summed E-state index contributed by atoms with van der Waals surface area (Å²) < 4.78 is 0. The molecule has 1 aromatic rings. The van der Waals surface area contributed by atoms with E-state index in [0.717, 1.165) is 11.1 Å². The molecule has 0 heterocycles. The predicted molar refractivity (Wildman–Crippen MR) is 65.1 cm³/mol. The van der Waals surface area contributed by atoms with Gasteiger partial charge in [-0.2, -0.15) is 0 Å². The first-order valence-electron chi connectivity index (χ1n) is 5.57. The molecule has 0 radical (unpaired) electrons. The number of carbonyl (C=O) groups is 2. The summed E-state index contributed by atoms with van der Waals surface area (Å²) in [6, 6.07) is 4.58. The molecule has 4 heteroatoms. The standard InChI is InChI=1S/C13H17NO3/c1-4-11(13(16)17)14-12(15)10-7-5-6-8(2)9(10)3/h5-7,11H,4H2,1-3H3,(H,14,15)(H,16,17)/t11-/m1/s1. The Kier molecular flexibility index (Phi) is 4.26. The average molecular weight is 235 g/mol. The van der Waals surface area contributed by atoms with E-state index >= 15 is 0 Å². The molecule has 0 spiro atoms. The lowest BCUT2D eigenvalue weighted by molar-refractivity contribution is -0.139. The summed E-state index contributed by atoms with van der Waals surface area (Å²) in [6.45, 7) is 5.49. The van der Waals surface area contributed by atoms with Crippen LogP contribution in [-0.4, -0.2) is 23.0 Å². The fourth-order valence-electron chi connectivity index (χ4n) is 1.57. The Labute approximate surface area is 101 Å². The SMILES string of the molecule is CC[C@@H](NC(=O)c1cccc(C)c1C)C(=O)O. The number of hydrogen-bond acceptors (Lipinski definition) is 2. The van der Waals surface area contributed by atoms with Gasteiger partial charge in [-0.15, -0.1) is 0 Å². The van der Waals surface area contributed by atoms with Crippen molar-refractivity contribution in [1.29, 1.82) is 0 Å². The molecule has 92 valence electrons. The summed E-state index contributed by atoms with van der Waals surface area (Å²) in [5, 5.41) is 11.4. The van der Waals surface area contributed by atoms with Crippen LogP contribution in [0, 0.1) is 13.8 Å². The van der Waals surface area contributed by atoms with Crippen LogP contribution in [0.25, 0.3) is 0 Å². The molecular weight excluding hydrogens is 218 g/mol. The maximum Gasteiger partial charge on any atom is 0.326 e. The first-order chi connectivity index (χ1) is 7.97. The lowest BCUT2D eigenvalue weighted by Gasteiger charge is -2.14. The van der Waals surface area contributed by atoms with E-state index in [0.29, 0.717) is 12.0 Å². The summed E-state index contributed by atoms with van der Waals surface area (Å²) in [4.78, 5) is 22.8. The maximum absolute atomic E-state index is 11.9. The van der Waals surface area contributed by atoms with Gasteiger partial charge in [0, 0.05) is 5.56 Å². The molecule has 1 atom stereocenters. The van der Waals surface area contributed by atoms with Crippen LogP contribution in [0.4, 0.5) is 0 Å². The van der Waals surface area contributed by atoms with Gasteiger partial charge in [-0.1, -0.05) is 19.1 Å². The van der Waals surface area contributed by atoms with Gasteiger partial charge in [0.25, 0.3) is 5.91 Å². The van der Waals surface area contributed by atoms with Crippen LogP contribution in [0.1, 0.15) is 34.8 Å². The lowest BCUT2D eigenvalue weighted by Crippen LogP contribution is -2.40. The monoisotopic (exact) mass is 235 g/mol. The van der Waals surface area contributed by atoms with E-state index < -0.39 is 12.0 Å². The van der Waals surface area contributed by atoms with Gasteiger partial charge in [0.15, 0.2) is 0 Å². The maximum atomic E-state index is 11.9. The third-order valence-corrected chi connectivity index (χ3v) is 2.86. The Morgan fingerprint density at radius 3 is 2.53 bits per heavy atom. The number of aryl methyl sites for hydroxylation is 1. The van der Waals surface area contributed by atoms with Crippen LogP contribution >= 0.6 is 0 Å². The number of nitrogens with one attached hydrogen (secondary N) is 1. The van der Waals surface area contributed by atoms with Crippen molar-refractivity contribution in [3.63, 3.8) is 0 Å². The highest BCUT2D eigenvalue weighted by Crippen LogP contribution is 2.12. The van der Waals surface area contributed by atoms with Gasteiger partial charge in [0.1, 0.15) is 6.04 Å². The number of aliphatic carboxylic acids is 1. The second-order valence-electron chi connectivity index (χ2n) is 4.02. The molecule has 1 rings (SSSR count). The third-order valence-electron chi connectivity index (χ3n) is 2.86. The molecule has 0 fully saturated rings. The van der Waals surface area contributed by atoms with Crippen LogP contribution in [0.2, 0.25) is 0 Å². The fraction of sp³-hybridized carbons (Fsp3) is 0.385. The number of amides is 1. The molecule has 0 unspecified atom stereocenters. The Bertz CT molecular complexity index is 440. The molecule has 2 N–H and O–H groups in total. The molecule has 0 saturated carbocycles. The number of carboxylic acids is 1. The van der Waals surface area contributed by atoms with Crippen LogP contribution in [0.5, 0.6) is 0 Å². The molecule has 0 aromatic heterocycles. The summed E-state index contributed by atoms with van der Waals surface area (Å²) >= 11 is 0. The van der Waals surface area contributed by atoms with Gasteiger partial charge >= 0.3 is 5.97 Å². The highest BCUT2D eigenvalue weighted by atomic mass is 16.4. The quantitative estimate of drug-likeness (QED) is 0.837. The average Bonchev–Trinajstić information content (AvgIpc) is 2.28. The van der Waals surface area contributed by atoms with Gasteiger partial charge in [0.2, 0.25) is 0 Å². The first kappa shape index (κ1) is 13.2. The molecule has 0 aliphatic rings. The lowest BCUT2D eigenvalue weighted by atomic mass is 10.0. The number of carbonyl (C=O) groups excluding carboxylic acids is 1. The van der Waals surface area contributed by atoms with Gasteiger partial charge < -0.3 is 10.4 Å². The molecule has 0 saturated heterocycles. The molecular formula is C13H17NO3. The molecule has 0 bridgehead atoms. The van der Waals surface area contributed by atoms with E-state index in [4.69, 9.17) is 5.11 Å². The minimum absolute atomic E-state index is 0.333. The van der Waals surface area contributed by atoms with Crippen molar-refractivity contribution in [2.75, 3.05) is 0 Å². The summed E-state index contributed by atoms with van der Waals surface area (Å²) in [5.41, 5.74) is 2.43. The van der Waals surface area contributed by atoms with E-state index in [-0.39, 0.29) is 5.91 Å². The van der Waals surface area contributed by atoms with Crippen molar-refractivity contribution < 1.29 is 14.7 Å². The number of rotatable bonds is 4. The van der Waals surface area contributed by atoms with Crippen LogP contribution in [0.3, 0.4) is 0 Å². The van der Waals surface area contributed by atoms with Crippen molar-refractivity contribution in [3.8, 4) is 0 Å². The number of hydrogen-bond donors (Lipinski definition) is 2. The summed E-state index contributed by atoms with van der Waals surface area (Å²) in [5.74, 6) is -1.34. The summed E-state index contributed by atoms with van der Waals surface area (Å²) in [7, 11) is 0. The molecule has 0 aliphatic carbocycles. The minimum Gasteiger partial charge on any atom is -0.480 e. The Hall–Kier alpha value is -1.84. The number of benzene rings is 1. The largest absolute Gasteiger partial charge is 0.480 e. The van der Waals surface area contributed by atoms with Crippen molar-refractivity contribution >= 4 is 11.9 Å². The molecule has 17 heavy (non-hydrogen) atoms. The Morgan fingerprint density at radius 2 is 2.00 bits per heavy atom. The van der Waals surface area contributed by atoms with E-state index in [2.05, 4.69) is 5.32 Å². The normalized spacial score (nSPS) is 11.9. The van der Waals surface area contributed by atoms with Gasteiger partial charge in [-0.3, -0.25) is 4.79 Å². The van der Waals surface area contributed by atoms with Crippen LogP contribution in [-0.2, 0) is 4.79 Å². The van der Waals surface area contributed by atoms with Crippen LogP contribution < -0.4 is 5.32 Å². The van der Waals surface area contributed by atoms with Crippen LogP contribution in [0.15, 0.2) is 18.2 Å². The van der Waals surface area contributed by atoms with E-state index in [9.17, 15) is 9.59 Å². The van der Waals surface area contributed by atoms with Gasteiger partial charge in [-0.05, 0) is 37.5 Å². The zero-order valence-corrected chi connectivity index (χ0v) is 10.3. The molecule has 1 amide bonds. The predicted octanol–water partition coefficient (Wildman–Crippen LogP) is 1.90. The van der Waals surface area contributed by atoms with Crippen molar-refractivity contribution in [2.24, 2.45) is 0 Å². The first-order valence-corrected chi connectivity index (χ1v) is 5.57. The third kappa shape index (κ3) is 3.06.